The van der Waals surface area contributed by atoms with Crippen molar-refractivity contribution in [1.82, 2.24) is 0 Å². The Morgan fingerprint density at radius 3 is 2.27 bits per heavy atom. The molecule has 0 amide bonds. The van der Waals surface area contributed by atoms with Crippen molar-refractivity contribution in [1.29, 1.82) is 0 Å². The van der Waals surface area contributed by atoms with Crippen LogP contribution >= 0.6 is 0 Å². The Kier molecular flexibility index (Phi) is 6.57. The third kappa shape index (κ3) is 3.54. The number of rotatable bonds is 5. The summed E-state index contributed by atoms with van der Waals surface area (Å²) in [5.41, 5.74) is 1.54. The molecule has 0 aromatic rings. The number of nitroso groups, excluding NO2 is 1. The molecule has 0 radical (unpaired) electrons. The van der Waals surface area contributed by atoms with Crippen LogP contribution in [0.25, 0.3) is 0 Å². The van der Waals surface area contributed by atoms with Gasteiger partial charge in [-0.15, -0.1) is 0 Å². The zero-order valence-electron chi connectivity index (χ0n) is 24.3. The molecule has 5 heteroatoms. The standard InChI is InChI=1S/C32H51NO4/c1-20(2)22-10-15-32(19-37-21(3)35)17-16-30(6)23(27(22)32)8-9-25-28(4)13-12-26(33-36)29(5,18-34)24(28)11-14-31(25,30)7/h22-27,34H,1,8-19H2,2-7H3/t22-,23+,24+,25+,26?,27+,28-,29?,30+,31+,32+/m0/s1. The lowest BCUT2D eigenvalue weighted by molar-refractivity contribution is -0.245. The van der Waals surface area contributed by atoms with Crippen molar-refractivity contribution < 1.29 is 14.6 Å². The Balaban J connectivity index is 1.53. The normalized spacial score (nSPS) is 52.7. The lowest BCUT2D eigenvalue weighted by atomic mass is 9.32. The van der Waals surface area contributed by atoms with Gasteiger partial charge in [0.1, 0.15) is 0 Å². The monoisotopic (exact) mass is 513 g/mol. The molecule has 37 heavy (non-hydrogen) atoms. The van der Waals surface area contributed by atoms with Crippen LogP contribution < -0.4 is 0 Å². The number of carbonyl (C=O) groups excluding carboxylic acids is 1. The molecule has 5 aliphatic rings. The zero-order chi connectivity index (χ0) is 27.0. The minimum absolute atomic E-state index is 0.0496. The molecule has 0 heterocycles. The molecule has 5 aliphatic carbocycles. The second kappa shape index (κ2) is 8.89. The number of hydrogen-bond acceptors (Lipinski definition) is 5. The highest BCUT2D eigenvalue weighted by molar-refractivity contribution is 5.65. The van der Waals surface area contributed by atoms with E-state index >= 15 is 0 Å². The molecule has 208 valence electrons. The van der Waals surface area contributed by atoms with Gasteiger partial charge in [0.2, 0.25) is 0 Å². The van der Waals surface area contributed by atoms with E-state index in [1.165, 1.54) is 31.3 Å². The number of ether oxygens (including phenoxy) is 1. The summed E-state index contributed by atoms with van der Waals surface area (Å²) in [6, 6.07) is -0.279. The maximum absolute atomic E-state index is 11.9. The quantitative estimate of drug-likeness (QED) is 0.237. The molecule has 0 bridgehead atoms. The first-order chi connectivity index (χ1) is 17.3. The Hall–Kier alpha value is -1.23. The van der Waals surface area contributed by atoms with E-state index in [0.29, 0.717) is 36.2 Å². The van der Waals surface area contributed by atoms with Gasteiger partial charge in [0.25, 0.3) is 0 Å². The van der Waals surface area contributed by atoms with Crippen molar-refractivity contribution in [2.24, 2.45) is 61.8 Å². The van der Waals surface area contributed by atoms with E-state index in [1.54, 1.807) is 6.92 Å². The third-order valence-corrected chi connectivity index (χ3v) is 14.1. The molecule has 0 aromatic carbocycles. The Morgan fingerprint density at radius 2 is 1.65 bits per heavy atom. The molecular weight excluding hydrogens is 462 g/mol. The lowest BCUT2D eigenvalue weighted by Gasteiger charge is -2.73. The average Bonchev–Trinajstić information content (AvgIpc) is 3.23. The van der Waals surface area contributed by atoms with Gasteiger partial charge < -0.3 is 9.84 Å². The van der Waals surface area contributed by atoms with Crippen LogP contribution in [0.4, 0.5) is 0 Å². The van der Waals surface area contributed by atoms with E-state index in [-0.39, 0.29) is 40.3 Å². The first-order valence-corrected chi connectivity index (χ1v) is 15.0. The molecular formula is C32H51NO4. The Bertz CT molecular complexity index is 964. The smallest absolute Gasteiger partial charge is 0.302 e. The maximum atomic E-state index is 11.9. The minimum Gasteiger partial charge on any atom is -0.465 e. The summed E-state index contributed by atoms with van der Waals surface area (Å²) in [6.45, 7) is 18.7. The topological polar surface area (TPSA) is 76.0 Å². The van der Waals surface area contributed by atoms with Crippen LogP contribution in [0.15, 0.2) is 17.3 Å². The summed E-state index contributed by atoms with van der Waals surface area (Å²) in [6.07, 6.45) is 11.2. The van der Waals surface area contributed by atoms with Crippen molar-refractivity contribution in [3.8, 4) is 0 Å². The molecule has 2 unspecified atom stereocenters. The van der Waals surface area contributed by atoms with Gasteiger partial charge in [-0.25, -0.2) is 0 Å². The largest absolute Gasteiger partial charge is 0.465 e. The fraction of sp³-hybridized carbons (Fsp3) is 0.906. The summed E-state index contributed by atoms with van der Waals surface area (Å²) >= 11 is 0. The number of hydrogen-bond donors (Lipinski definition) is 1. The van der Waals surface area contributed by atoms with E-state index in [0.717, 1.165) is 38.5 Å². The van der Waals surface area contributed by atoms with Gasteiger partial charge in [-0.1, -0.05) is 45.0 Å². The highest BCUT2D eigenvalue weighted by atomic mass is 16.5. The lowest BCUT2D eigenvalue weighted by Crippen LogP contribution is -2.67. The van der Waals surface area contributed by atoms with E-state index in [1.807, 2.05) is 0 Å². The van der Waals surface area contributed by atoms with Gasteiger partial charge in [-0.2, -0.15) is 4.91 Å². The van der Waals surface area contributed by atoms with Crippen molar-refractivity contribution in [2.75, 3.05) is 13.2 Å². The maximum Gasteiger partial charge on any atom is 0.302 e. The summed E-state index contributed by atoms with van der Waals surface area (Å²) in [4.78, 5) is 23.7. The summed E-state index contributed by atoms with van der Waals surface area (Å²) in [5.74, 6) is 2.42. The zero-order valence-corrected chi connectivity index (χ0v) is 24.3. The second-order valence-electron chi connectivity index (χ2n) is 15.2. The highest BCUT2D eigenvalue weighted by Crippen LogP contribution is 2.77. The molecule has 0 aromatic heterocycles. The molecule has 5 saturated carbocycles. The number of fused-ring (bicyclic) bond motifs is 7. The van der Waals surface area contributed by atoms with Crippen LogP contribution in [0.5, 0.6) is 0 Å². The van der Waals surface area contributed by atoms with Crippen LogP contribution in [-0.4, -0.2) is 30.3 Å². The molecule has 1 N–H and O–H groups in total. The van der Waals surface area contributed by atoms with Crippen molar-refractivity contribution in [3.63, 3.8) is 0 Å². The van der Waals surface area contributed by atoms with E-state index < -0.39 is 5.41 Å². The highest BCUT2D eigenvalue weighted by Gasteiger charge is 2.71. The SMILES string of the molecule is C=C(C)[C@@H]1CC[C@]2(COC(C)=O)CC[C@]3(C)[C@H](CC[C@@H]4[C@@]5(C)CCC(N=O)C(C)(CO)[C@@H]5CC[C@]43C)[C@@H]12. The molecule has 5 fully saturated rings. The fourth-order valence-electron chi connectivity index (χ4n) is 12.0. The second-order valence-corrected chi connectivity index (χ2v) is 15.2. The van der Waals surface area contributed by atoms with Gasteiger partial charge in [-0.3, -0.25) is 4.79 Å². The summed E-state index contributed by atoms with van der Waals surface area (Å²) in [7, 11) is 0. The van der Waals surface area contributed by atoms with Crippen LogP contribution in [-0.2, 0) is 9.53 Å². The Labute approximate surface area is 224 Å². The molecule has 0 aliphatic heterocycles. The van der Waals surface area contributed by atoms with E-state index in [9.17, 15) is 14.8 Å². The van der Waals surface area contributed by atoms with Crippen LogP contribution in [0, 0.1) is 61.6 Å². The number of aliphatic hydroxyl groups excluding tert-OH is 1. The van der Waals surface area contributed by atoms with Gasteiger partial charge in [0.15, 0.2) is 0 Å². The fourth-order valence-corrected chi connectivity index (χ4v) is 12.0. The molecule has 0 spiro atoms. The van der Waals surface area contributed by atoms with Crippen molar-refractivity contribution in [3.05, 3.63) is 17.1 Å². The number of allylic oxidation sites excluding steroid dienone is 1. The summed E-state index contributed by atoms with van der Waals surface area (Å²) < 4.78 is 5.77. The molecule has 0 saturated heterocycles. The number of carbonyl (C=O) groups is 1. The van der Waals surface area contributed by atoms with Gasteiger partial charge in [0.05, 0.1) is 19.3 Å². The first-order valence-electron chi connectivity index (χ1n) is 15.0. The molecule has 5 nitrogen and oxygen atoms in total. The molecule has 11 atom stereocenters. The first kappa shape index (κ1) is 27.3. The van der Waals surface area contributed by atoms with Crippen LogP contribution in [0.2, 0.25) is 0 Å². The van der Waals surface area contributed by atoms with E-state index in [4.69, 9.17) is 4.74 Å². The average molecular weight is 514 g/mol. The van der Waals surface area contributed by atoms with Gasteiger partial charge >= 0.3 is 5.97 Å². The van der Waals surface area contributed by atoms with Crippen molar-refractivity contribution >= 4 is 5.97 Å². The van der Waals surface area contributed by atoms with Crippen LogP contribution in [0.1, 0.15) is 106 Å². The predicted octanol–water partition coefficient (Wildman–Crippen LogP) is 7.31. The predicted molar refractivity (Wildman–Crippen MR) is 147 cm³/mol. The summed E-state index contributed by atoms with van der Waals surface area (Å²) in [5, 5.41) is 14.1. The minimum atomic E-state index is -0.421. The number of nitrogens with zero attached hydrogens (tertiary/aromatic N) is 1. The van der Waals surface area contributed by atoms with E-state index in [2.05, 4.69) is 46.4 Å². The third-order valence-electron chi connectivity index (χ3n) is 14.1. The number of esters is 1. The van der Waals surface area contributed by atoms with Crippen molar-refractivity contribution in [2.45, 2.75) is 112 Å². The molecule has 5 rings (SSSR count). The van der Waals surface area contributed by atoms with Crippen LogP contribution in [0.3, 0.4) is 0 Å². The van der Waals surface area contributed by atoms with Gasteiger partial charge in [0, 0.05) is 17.8 Å². The Morgan fingerprint density at radius 1 is 0.919 bits per heavy atom. The van der Waals surface area contributed by atoms with Gasteiger partial charge in [-0.05, 0) is 117 Å². The number of aliphatic hydroxyl groups is 1.